The molecule has 0 amide bonds. The van der Waals surface area contributed by atoms with E-state index in [2.05, 4.69) is 4.98 Å². The van der Waals surface area contributed by atoms with Gasteiger partial charge in [0.25, 0.3) is 11.3 Å². The molecular formula is C13H14N2O4S2. The van der Waals surface area contributed by atoms with Crippen LogP contribution < -0.4 is 5.56 Å². The number of ether oxygens (including phenoxy) is 1. The molecule has 6 nitrogen and oxygen atoms in total. The number of hydrogen-bond acceptors (Lipinski definition) is 7. The predicted molar refractivity (Wildman–Crippen MR) is 80.9 cm³/mol. The van der Waals surface area contributed by atoms with E-state index in [1.54, 1.807) is 6.92 Å². The number of carbonyl (C=O) groups excluding carboxylic acids is 1. The maximum Gasteiger partial charge on any atom is 0.361 e. The minimum Gasteiger partial charge on any atom is -0.462 e. The quantitative estimate of drug-likeness (QED) is 0.663. The van der Waals surface area contributed by atoms with Crippen LogP contribution in [0.2, 0.25) is 0 Å². The van der Waals surface area contributed by atoms with Gasteiger partial charge in [0.05, 0.1) is 17.7 Å². The second-order valence-corrected chi connectivity index (χ2v) is 6.97. The van der Waals surface area contributed by atoms with Crippen molar-refractivity contribution in [2.24, 2.45) is 0 Å². The lowest BCUT2D eigenvalue weighted by Crippen LogP contribution is -2.48. The Kier molecular flexibility index (Phi) is 3.34. The van der Waals surface area contributed by atoms with Gasteiger partial charge in [0.1, 0.15) is 4.83 Å². The third kappa shape index (κ3) is 1.93. The van der Waals surface area contributed by atoms with Crippen molar-refractivity contribution in [2.75, 3.05) is 12.4 Å². The summed E-state index contributed by atoms with van der Waals surface area (Å²) in [7, 11) is 0. The molecule has 0 radical (unpaired) electrons. The molecule has 2 aromatic rings. The fourth-order valence-corrected chi connectivity index (χ4v) is 4.50. The largest absolute Gasteiger partial charge is 0.462 e. The van der Waals surface area contributed by atoms with Gasteiger partial charge in [-0.3, -0.25) is 4.79 Å². The number of hydrogen-bond donors (Lipinski definition) is 1. The molecule has 21 heavy (non-hydrogen) atoms. The van der Waals surface area contributed by atoms with Crippen LogP contribution in [-0.4, -0.2) is 33.0 Å². The summed E-state index contributed by atoms with van der Waals surface area (Å²) >= 11 is 2.62. The first kappa shape index (κ1) is 14.6. The Balaban J connectivity index is 2.30. The van der Waals surface area contributed by atoms with Crippen molar-refractivity contribution in [1.29, 1.82) is 0 Å². The number of aryl methyl sites for hydroxylation is 2. The highest BCUT2D eigenvalue weighted by Crippen LogP contribution is 2.37. The van der Waals surface area contributed by atoms with E-state index in [9.17, 15) is 14.7 Å². The molecule has 0 saturated carbocycles. The number of fused-ring (bicyclic) bond motifs is 2. The summed E-state index contributed by atoms with van der Waals surface area (Å²) in [6.07, 6.45) is 0. The van der Waals surface area contributed by atoms with E-state index in [0.29, 0.717) is 15.4 Å². The second-order valence-electron chi connectivity index (χ2n) is 4.82. The maximum absolute atomic E-state index is 12.7. The molecule has 0 saturated heterocycles. The Labute approximate surface area is 128 Å². The van der Waals surface area contributed by atoms with E-state index in [4.69, 9.17) is 4.74 Å². The molecule has 8 heteroatoms. The maximum atomic E-state index is 12.7. The Hall–Kier alpha value is -1.38. The Morgan fingerprint density at radius 3 is 2.90 bits per heavy atom. The van der Waals surface area contributed by atoms with Gasteiger partial charge in [-0.1, -0.05) is 11.8 Å². The molecule has 1 N–H and O–H groups in total. The van der Waals surface area contributed by atoms with E-state index in [-0.39, 0.29) is 12.4 Å². The van der Waals surface area contributed by atoms with Gasteiger partial charge in [0, 0.05) is 4.88 Å². The van der Waals surface area contributed by atoms with Crippen LogP contribution in [-0.2, 0) is 15.3 Å². The summed E-state index contributed by atoms with van der Waals surface area (Å²) in [6, 6.07) is 0. The Morgan fingerprint density at radius 2 is 2.24 bits per heavy atom. The topological polar surface area (TPSA) is 81.4 Å². The molecule has 1 atom stereocenters. The molecule has 3 rings (SSSR count). The lowest BCUT2D eigenvalue weighted by atomic mass is 10.2. The second kappa shape index (κ2) is 4.82. The molecule has 112 valence electrons. The smallest absolute Gasteiger partial charge is 0.361 e. The number of aliphatic hydroxyl groups is 1. The first-order valence-electron chi connectivity index (χ1n) is 6.45. The zero-order valence-electron chi connectivity index (χ0n) is 11.8. The minimum atomic E-state index is -1.98. The molecule has 0 aliphatic carbocycles. The molecule has 0 unspecified atom stereocenters. The number of aromatic nitrogens is 2. The molecule has 1 aliphatic heterocycles. The third-order valence-electron chi connectivity index (χ3n) is 3.55. The number of esters is 1. The van der Waals surface area contributed by atoms with Crippen LogP contribution in [0.5, 0.6) is 0 Å². The normalized spacial score (nSPS) is 20.8. The van der Waals surface area contributed by atoms with Crippen LogP contribution in [0.3, 0.4) is 0 Å². The summed E-state index contributed by atoms with van der Waals surface area (Å²) in [4.78, 5) is 30.8. The van der Waals surface area contributed by atoms with E-state index in [0.717, 1.165) is 15.0 Å². The fourth-order valence-electron chi connectivity index (χ4n) is 2.32. The monoisotopic (exact) mass is 326 g/mol. The van der Waals surface area contributed by atoms with Crippen molar-refractivity contribution in [2.45, 2.75) is 31.7 Å². The predicted octanol–water partition coefficient (Wildman–Crippen LogP) is 1.39. The highest BCUT2D eigenvalue weighted by molar-refractivity contribution is 7.99. The zero-order valence-corrected chi connectivity index (χ0v) is 13.4. The van der Waals surface area contributed by atoms with Gasteiger partial charge >= 0.3 is 5.97 Å². The zero-order chi connectivity index (χ0) is 15.4. The van der Waals surface area contributed by atoms with Crippen LogP contribution in [0.4, 0.5) is 0 Å². The van der Waals surface area contributed by atoms with Gasteiger partial charge in [-0.2, -0.15) is 0 Å². The molecule has 0 spiro atoms. The molecule has 0 aromatic carbocycles. The van der Waals surface area contributed by atoms with Gasteiger partial charge in [-0.25, -0.2) is 14.3 Å². The average molecular weight is 326 g/mol. The lowest BCUT2D eigenvalue weighted by molar-refractivity contribution is -0.173. The summed E-state index contributed by atoms with van der Waals surface area (Å²) in [5, 5.41) is 11.4. The van der Waals surface area contributed by atoms with Gasteiger partial charge in [0.2, 0.25) is 0 Å². The van der Waals surface area contributed by atoms with Crippen LogP contribution >= 0.6 is 23.1 Å². The Morgan fingerprint density at radius 1 is 1.52 bits per heavy atom. The van der Waals surface area contributed by atoms with Gasteiger partial charge in [0.15, 0.2) is 5.16 Å². The molecule has 0 fully saturated rings. The van der Waals surface area contributed by atoms with E-state index in [1.807, 2.05) is 13.8 Å². The third-order valence-corrected chi connectivity index (χ3v) is 5.73. The molecule has 1 aliphatic rings. The van der Waals surface area contributed by atoms with Crippen molar-refractivity contribution < 1.29 is 14.6 Å². The number of nitrogens with zero attached hydrogens (tertiary/aromatic N) is 2. The van der Waals surface area contributed by atoms with Crippen molar-refractivity contribution >= 4 is 39.3 Å². The average Bonchev–Trinajstić information content (AvgIpc) is 2.91. The van der Waals surface area contributed by atoms with Crippen LogP contribution in [0.1, 0.15) is 17.4 Å². The number of thioether (sulfide) groups is 1. The van der Waals surface area contributed by atoms with E-state index >= 15 is 0 Å². The summed E-state index contributed by atoms with van der Waals surface area (Å²) in [5.74, 6) is -0.785. The first-order valence-corrected chi connectivity index (χ1v) is 8.26. The van der Waals surface area contributed by atoms with Crippen molar-refractivity contribution in [3.8, 4) is 0 Å². The summed E-state index contributed by atoms with van der Waals surface area (Å²) in [5.41, 5.74) is -1.53. The lowest BCUT2D eigenvalue weighted by Gasteiger charge is -2.21. The van der Waals surface area contributed by atoms with Gasteiger partial charge in [-0.15, -0.1) is 11.3 Å². The van der Waals surface area contributed by atoms with Crippen LogP contribution in [0.15, 0.2) is 9.95 Å². The first-order chi connectivity index (χ1) is 9.90. The standard InChI is InChI=1S/C13H14N2O4S2/c1-4-19-11(17)13(18)5-20-12-14-9-8(10(16)15(12)13)6(2)7(3)21-9/h18H,4-5H2,1-3H3/t13-/m1/s1. The van der Waals surface area contributed by atoms with Crippen molar-refractivity contribution in [3.05, 3.63) is 20.8 Å². The van der Waals surface area contributed by atoms with Crippen LogP contribution in [0.25, 0.3) is 10.2 Å². The summed E-state index contributed by atoms with van der Waals surface area (Å²) < 4.78 is 5.97. The number of carbonyl (C=O) groups is 1. The highest BCUT2D eigenvalue weighted by atomic mass is 32.2. The Bertz CT molecular complexity index is 811. The SMILES string of the molecule is CCOC(=O)[C@]1(O)CSc2nc3sc(C)c(C)c3c(=O)n21. The highest BCUT2D eigenvalue weighted by Gasteiger charge is 2.48. The number of thiophene rings is 1. The molecule has 3 heterocycles. The number of rotatable bonds is 2. The van der Waals surface area contributed by atoms with E-state index < -0.39 is 17.3 Å². The van der Waals surface area contributed by atoms with Gasteiger partial charge in [-0.05, 0) is 26.3 Å². The molecular weight excluding hydrogens is 312 g/mol. The van der Waals surface area contributed by atoms with Crippen LogP contribution in [0, 0.1) is 13.8 Å². The van der Waals surface area contributed by atoms with E-state index in [1.165, 1.54) is 23.1 Å². The fraction of sp³-hybridized carbons (Fsp3) is 0.462. The minimum absolute atomic E-state index is 0.0311. The molecule has 2 aromatic heterocycles. The van der Waals surface area contributed by atoms with Crippen molar-refractivity contribution in [3.63, 3.8) is 0 Å². The van der Waals surface area contributed by atoms with Gasteiger partial charge < -0.3 is 9.84 Å². The van der Waals surface area contributed by atoms with Crippen molar-refractivity contribution in [1.82, 2.24) is 9.55 Å². The molecule has 0 bridgehead atoms. The summed E-state index contributed by atoms with van der Waals surface area (Å²) in [6.45, 7) is 5.56.